The number of aliphatic hydroxyl groups excluding tert-OH is 2. The number of carboxylic acids is 1. The van der Waals surface area contributed by atoms with Crippen molar-refractivity contribution in [2.24, 2.45) is 5.92 Å². The fraction of sp³-hybridized carbons (Fsp3) is 0.500. The second-order valence-corrected chi connectivity index (χ2v) is 9.98. The fourth-order valence-corrected chi connectivity index (χ4v) is 5.58. The molecule has 0 radical (unpaired) electrons. The normalized spacial score (nSPS) is 23.0. The maximum Gasteiger partial charge on any atom is 0.313 e. The zero-order valence-electron chi connectivity index (χ0n) is 15.7. The highest BCUT2D eigenvalue weighted by Gasteiger charge is 2.40. The Balaban J connectivity index is 1.85. The molecule has 0 saturated heterocycles. The maximum atomic E-state index is 12.2. The summed E-state index contributed by atoms with van der Waals surface area (Å²) in [6.07, 6.45) is 3.08. The molecule has 29 heavy (non-hydrogen) atoms. The van der Waals surface area contributed by atoms with E-state index in [9.17, 15) is 19.8 Å². The van der Waals surface area contributed by atoms with Gasteiger partial charge in [0.15, 0.2) is 0 Å². The van der Waals surface area contributed by atoms with Crippen LogP contribution in [0, 0.1) is 5.92 Å². The van der Waals surface area contributed by atoms with Crippen LogP contribution in [0.25, 0.3) is 0 Å². The van der Waals surface area contributed by atoms with Crippen molar-refractivity contribution >= 4 is 58.5 Å². The number of Topliss-reactive ketones (excluding diaryl/α,β-unsaturated/α-hetero) is 1. The number of carboxylic acid groups (broad SMARTS) is 1. The van der Waals surface area contributed by atoms with Gasteiger partial charge in [-0.2, -0.15) is 11.8 Å². The van der Waals surface area contributed by atoms with E-state index in [-0.39, 0.29) is 29.1 Å². The predicted molar refractivity (Wildman–Crippen MR) is 120 cm³/mol. The molecule has 3 unspecified atom stereocenters. The molecular weight excluding hydrogens is 455 g/mol. The van der Waals surface area contributed by atoms with Crippen LogP contribution in [-0.4, -0.2) is 61.8 Å². The molecule has 1 saturated carbocycles. The molecule has 0 aliphatic heterocycles. The Kier molecular flexibility index (Phi) is 10.4. The molecular formula is C20H24Cl2O5S2. The molecule has 0 aromatic heterocycles. The van der Waals surface area contributed by atoms with E-state index in [1.165, 1.54) is 23.5 Å². The van der Waals surface area contributed by atoms with Crippen molar-refractivity contribution in [1.29, 1.82) is 0 Å². The van der Waals surface area contributed by atoms with Crippen LogP contribution in [0.4, 0.5) is 0 Å². The minimum absolute atomic E-state index is 0.00862. The number of halogens is 2. The van der Waals surface area contributed by atoms with Gasteiger partial charge in [-0.1, -0.05) is 41.4 Å². The van der Waals surface area contributed by atoms with Crippen LogP contribution < -0.4 is 0 Å². The van der Waals surface area contributed by atoms with E-state index in [1.807, 2.05) is 0 Å². The van der Waals surface area contributed by atoms with E-state index in [0.717, 1.165) is 12.0 Å². The van der Waals surface area contributed by atoms with Crippen molar-refractivity contribution < 1.29 is 24.9 Å². The quantitative estimate of drug-likeness (QED) is 0.329. The lowest BCUT2D eigenvalue weighted by molar-refractivity contribution is -0.133. The lowest BCUT2D eigenvalue weighted by atomic mass is 10.0. The van der Waals surface area contributed by atoms with Crippen LogP contribution in [0.5, 0.6) is 0 Å². The van der Waals surface area contributed by atoms with Gasteiger partial charge in [-0.3, -0.25) is 9.59 Å². The minimum atomic E-state index is -0.832. The first-order valence-corrected chi connectivity index (χ1v) is 12.2. The summed E-state index contributed by atoms with van der Waals surface area (Å²) in [6.45, 7) is 0. The number of carbonyl (C=O) groups is 2. The second kappa shape index (κ2) is 12.2. The topological polar surface area (TPSA) is 94.8 Å². The van der Waals surface area contributed by atoms with E-state index in [2.05, 4.69) is 0 Å². The van der Waals surface area contributed by atoms with Crippen molar-refractivity contribution in [3.05, 3.63) is 46.0 Å². The average molecular weight is 479 g/mol. The zero-order chi connectivity index (χ0) is 21.4. The Morgan fingerprint density at radius 3 is 2.72 bits per heavy atom. The number of thioether (sulfide) groups is 2. The molecule has 2 rings (SSSR count). The summed E-state index contributed by atoms with van der Waals surface area (Å²) in [4.78, 5) is 22.7. The molecule has 0 heterocycles. The van der Waals surface area contributed by atoms with E-state index in [4.69, 9.17) is 28.3 Å². The molecule has 1 fully saturated rings. The molecule has 1 aliphatic carbocycles. The van der Waals surface area contributed by atoms with E-state index >= 15 is 0 Å². The van der Waals surface area contributed by atoms with Gasteiger partial charge in [0.2, 0.25) is 0 Å². The van der Waals surface area contributed by atoms with E-state index in [0.29, 0.717) is 28.0 Å². The highest BCUT2D eigenvalue weighted by Crippen LogP contribution is 2.34. The Morgan fingerprint density at radius 1 is 1.28 bits per heavy atom. The smallest absolute Gasteiger partial charge is 0.313 e. The SMILES string of the molecule is O=C(O)CSCCCSC1C(=O)CC(O)[C@@H]1C=CC(O)Cc1ccc(Cl)c(Cl)c1. The first-order valence-electron chi connectivity index (χ1n) is 9.20. The van der Waals surface area contributed by atoms with E-state index < -0.39 is 18.2 Å². The largest absolute Gasteiger partial charge is 0.481 e. The van der Waals surface area contributed by atoms with Gasteiger partial charge >= 0.3 is 5.97 Å². The van der Waals surface area contributed by atoms with Crippen LogP contribution in [0.2, 0.25) is 10.0 Å². The third-order valence-corrected chi connectivity index (χ3v) is 7.69. The first kappa shape index (κ1) is 24.6. The van der Waals surface area contributed by atoms with E-state index in [1.54, 1.807) is 30.4 Å². The molecule has 1 aromatic carbocycles. The summed E-state index contributed by atoms with van der Waals surface area (Å²) < 4.78 is 0. The number of hydrogen-bond acceptors (Lipinski definition) is 6. The Morgan fingerprint density at radius 2 is 2.03 bits per heavy atom. The van der Waals surface area contributed by atoms with Crippen LogP contribution in [0.3, 0.4) is 0 Å². The molecule has 160 valence electrons. The van der Waals surface area contributed by atoms with Crippen molar-refractivity contribution in [3.63, 3.8) is 0 Å². The van der Waals surface area contributed by atoms with Gasteiger partial charge in [0.05, 0.1) is 33.3 Å². The molecule has 0 bridgehead atoms. The molecule has 4 atom stereocenters. The number of ketones is 1. The van der Waals surface area contributed by atoms with Gasteiger partial charge in [-0.15, -0.1) is 11.8 Å². The third-order valence-electron chi connectivity index (χ3n) is 4.46. The number of carbonyl (C=O) groups excluding carboxylic acids is 1. The maximum absolute atomic E-state index is 12.2. The van der Waals surface area contributed by atoms with Crippen molar-refractivity contribution in [1.82, 2.24) is 0 Å². The van der Waals surface area contributed by atoms with Crippen molar-refractivity contribution in [2.75, 3.05) is 17.3 Å². The van der Waals surface area contributed by atoms with Gasteiger partial charge in [0.25, 0.3) is 0 Å². The summed E-state index contributed by atoms with van der Waals surface area (Å²) in [5.74, 6) is 0.337. The Hall–Kier alpha value is -0.700. The Bertz CT molecular complexity index is 744. The summed E-state index contributed by atoms with van der Waals surface area (Å²) in [5, 5.41) is 29.7. The molecule has 9 heteroatoms. The number of aliphatic hydroxyl groups is 2. The molecule has 1 aromatic rings. The van der Waals surface area contributed by atoms with Gasteiger partial charge in [-0.25, -0.2) is 0 Å². The number of rotatable bonds is 11. The van der Waals surface area contributed by atoms with Gasteiger partial charge < -0.3 is 15.3 Å². The van der Waals surface area contributed by atoms with Crippen LogP contribution >= 0.6 is 46.7 Å². The zero-order valence-corrected chi connectivity index (χ0v) is 18.8. The number of hydrogen-bond donors (Lipinski definition) is 3. The predicted octanol–water partition coefficient (Wildman–Crippen LogP) is 3.71. The lowest BCUT2D eigenvalue weighted by Gasteiger charge is -2.17. The van der Waals surface area contributed by atoms with Crippen molar-refractivity contribution in [2.45, 2.75) is 36.7 Å². The summed E-state index contributed by atoms with van der Waals surface area (Å²) in [7, 11) is 0. The first-order chi connectivity index (χ1) is 13.8. The van der Waals surface area contributed by atoms with Crippen LogP contribution in [-0.2, 0) is 16.0 Å². The van der Waals surface area contributed by atoms with Crippen LogP contribution in [0.1, 0.15) is 18.4 Å². The third kappa shape index (κ3) is 8.15. The lowest BCUT2D eigenvalue weighted by Crippen LogP contribution is -2.22. The summed E-state index contributed by atoms with van der Waals surface area (Å²) in [5.41, 5.74) is 0.837. The molecule has 0 amide bonds. The standard InChI is InChI=1S/C20H24Cl2O5S2/c21-15-5-2-12(9-16(15)22)8-13(23)3-4-14-17(24)10-18(25)20(14)29-7-1-6-28-11-19(26)27/h2-5,9,13-14,17,20,23-24H,1,6-8,10-11H2,(H,26,27)/t13?,14-,17?,20?/m0/s1. The van der Waals surface area contributed by atoms with Crippen LogP contribution in [0.15, 0.2) is 30.4 Å². The van der Waals surface area contributed by atoms with Crippen molar-refractivity contribution in [3.8, 4) is 0 Å². The average Bonchev–Trinajstić information content (AvgIpc) is 2.92. The summed E-state index contributed by atoms with van der Waals surface area (Å²) in [6, 6.07) is 5.17. The minimum Gasteiger partial charge on any atom is -0.481 e. The molecule has 1 aliphatic rings. The molecule has 5 nitrogen and oxygen atoms in total. The number of aliphatic carboxylic acids is 1. The molecule has 0 spiro atoms. The molecule has 3 N–H and O–H groups in total. The van der Waals surface area contributed by atoms with Gasteiger partial charge in [0.1, 0.15) is 5.78 Å². The number of benzene rings is 1. The fourth-order valence-electron chi connectivity index (χ4n) is 3.07. The second-order valence-electron chi connectivity index (χ2n) is 6.81. The summed E-state index contributed by atoms with van der Waals surface area (Å²) >= 11 is 14.7. The van der Waals surface area contributed by atoms with Gasteiger partial charge in [0, 0.05) is 18.8 Å². The highest BCUT2D eigenvalue weighted by molar-refractivity contribution is 8.01. The highest BCUT2D eigenvalue weighted by atomic mass is 35.5. The Labute approximate surface area is 188 Å². The monoisotopic (exact) mass is 478 g/mol. The van der Waals surface area contributed by atoms with Gasteiger partial charge in [-0.05, 0) is 35.6 Å².